The Hall–Kier alpha value is -3.34. The molecule has 0 aliphatic rings. The molecule has 0 saturated carbocycles. The molecule has 1 amide bonds. The number of pyridine rings is 1. The van der Waals surface area contributed by atoms with Crippen LogP contribution in [0.4, 0.5) is 0 Å². The second-order valence-electron chi connectivity index (χ2n) is 6.11. The first-order valence-electron chi connectivity index (χ1n) is 8.65. The molecule has 5 heteroatoms. The van der Waals surface area contributed by atoms with Gasteiger partial charge in [-0.2, -0.15) is 0 Å². The SMILES string of the molecule is CCCNC(=O)c1cc2ccc(-c3ccccc3)cn2c1-c1cocn1. The number of nitrogens with one attached hydrogen (secondary N) is 1. The van der Waals surface area contributed by atoms with E-state index in [1.54, 1.807) is 6.26 Å². The fraction of sp³-hybridized carbons (Fsp3) is 0.143. The van der Waals surface area contributed by atoms with Crippen LogP contribution in [0.1, 0.15) is 23.7 Å². The molecule has 4 aromatic rings. The summed E-state index contributed by atoms with van der Waals surface area (Å²) in [5.41, 5.74) is 5.09. The monoisotopic (exact) mass is 345 g/mol. The third-order valence-electron chi connectivity index (χ3n) is 4.33. The number of carbonyl (C=O) groups excluding carboxylic acids is 1. The van der Waals surface area contributed by atoms with Gasteiger partial charge in [0.1, 0.15) is 12.0 Å². The first-order chi connectivity index (χ1) is 12.8. The van der Waals surface area contributed by atoms with Gasteiger partial charge in [-0.25, -0.2) is 4.98 Å². The lowest BCUT2D eigenvalue weighted by molar-refractivity contribution is 0.0954. The summed E-state index contributed by atoms with van der Waals surface area (Å²) in [6, 6.07) is 16.1. The molecule has 0 aliphatic heterocycles. The first-order valence-corrected chi connectivity index (χ1v) is 8.65. The molecule has 0 atom stereocenters. The molecule has 3 heterocycles. The summed E-state index contributed by atoms with van der Waals surface area (Å²) in [6.07, 6.45) is 5.86. The van der Waals surface area contributed by atoms with Crippen molar-refractivity contribution in [3.05, 3.63) is 72.9 Å². The topological polar surface area (TPSA) is 59.5 Å². The standard InChI is InChI=1S/C21H19N3O2/c1-2-10-22-21(25)18-11-17-9-8-16(15-6-4-3-5-7-15)12-24(17)20(18)19-13-26-14-23-19/h3-9,11-14H,2,10H2,1H3,(H,22,25). The average molecular weight is 345 g/mol. The van der Waals surface area contributed by atoms with Crippen LogP contribution in [-0.4, -0.2) is 21.8 Å². The lowest BCUT2D eigenvalue weighted by atomic mass is 10.1. The largest absolute Gasteiger partial charge is 0.451 e. The molecule has 26 heavy (non-hydrogen) atoms. The predicted octanol–water partition coefficient (Wildman–Crippen LogP) is 4.40. The maximum absolute atomic E-state index is 12.7. The molecule has 0 spiro atoms. The zero-order chi connectivity index (χ0) is 17.9. The van der Waals surface area contributed by atoms with Gasteiger partial charge in [-0.3, -0.25) is 4.79 Å². The van der Waals surface area contributed by atoms with Crippen molar-refractivity contribution in [2.75, 3.05) is 6.54 Å². The van der Waals surface area contributed by atoms with E-state index in [0.717, 1.165) is 28.8 Å². The zero-order valence-electron chi connectivity index (χ0n) is 14.5. The van der Waals surface area contributed by atoms with Gasteiger partial charge in [0.15, 0.2) is 6.39 Å². The molecule has 4 rings (SSSR count). The molecule has 0 unspecified atom stereocenters. The van der Waals surface area contributed by atoms with Crippen molar-refractivity contribution >= 4 is 11.4 Å². The highest BCUT2D eigenvalue weighted by Gasteiger charge is 2.20. The van der Waals surface area contributed by atoms with Crippen LogP contribution in [0, 0.1) is 0 Å². The number of benzene rings is 1. The Morgan fingerprint density at radius 3 is 2.73 bits per heavy atom. The minimum absolute atomic E-state index is 0.102. The van der Waals surface area contributed by atoms with Gasteiger partial charge in [0.2, 0.25) is 0 Å². The Bertz CT molecular complexity index is 1030. The summed E-state index contributed by atoms with van der Waals surface area (Å²) in [5, 5.41) is 2.95. The maximum Gasteiger partial charge on any atom is 0.253 e. The molecule has 3 aromatic heterocycles. The molecule has 130 valence electrons. The highest BCUT2D eigenvalue weighted by Crippen LogP contribution is 2.29. The predicted molar refractivity (Wildman–Crippen MR) is 101 cm³/mol. The number of hydrogen-bond acceptors (Lipinski definition) is 3. The second-order valence-corrected chi connectivity index (χ2v) is 6.11. The molecular weight excluding hydrogens is 326 g/mol. The third kappa shape index (κ3) is 2.88. The van der Waals surface area contributed by atoms with Crippen LogP contribution >= 0.6 is 0 Å². The lowest BCUT2D eigenvalue weighted by Crippen LogP contribution is -2.24. The molecule has 0 fully saturated rings. The highest BCUT2D eigenvalue weighted by atomic mass is 16.3. The number of fused-ring (bicyclic) bond motifs is 1. The van der Waals surface area contributed by atoms with Gasteiger partial charge in [-0.05, 0) is 29.7 Å². The first kappa shape index (κ1) is 16.1. The number of hydrogen-bond donors (Lipinski definition) is 1. The Morgan fingerprint density at radius 1 is 1.15 bits per heavy atom. The van der Waals surface area contributed by atoms with Crippen molar-refractivity contribution in [1.82, 2.24) is 14.7 Å². The normalized spacial score (nSPS) is 11.0. The van der Waals surface area contributed by atoms with Gasteiger partial charge in [-0.1, -0.05) is 43.3 Å². The van der Waals surface area contributed by atoms with Crippen molar-refractivity contribution in [3.8, 4) is 22.5 Å². The van der Waals surface area contributed by atoms with Gasteiger partial charge >= 0.3 is 0 Å². The molecule has 0 bridgehead atoms. The molecule has 0 radical (unpaired) electrons. The number of nitrogens with zero attached hydrogens (tertiary/aromatic N) is 2. The number of amides is 1. The molecule has 0 aliphatic carbocycles. The summed E-state index contributed by atoms with van der Waals surface area (Å²) < 4.78 is 7.16. The molecule has 1 N–H and O–H groups in total. The second kappa shape index (κ2) is 6.88. The minimum Gasteiger partial charge on any atom is -0.451 e. The average Bonchev–Trinajstić information content (AvgIpc) is 3.33. The van der Waals surface area contributed by atoms with E-state index >= 15 is 0 Å². The molecule has 1 aromatic carbocycles. The van der Waals surface area contributed by atoms with E-state index in [9.17, 15) is 4.79 Å². The summed E-state index contributed by atoms with van der Waals surface area (Å²) in [5.74, 6) is -0.102. The van der Waals surface area contributed by atoms with Gasteiger partial charge in [0.25, 0.3) is 5.91 Å². The van der Waals surface area contributed by atoms with Crippen molar-refractivity contribution in [2.45, 2.75) is 13.3 Å². The van der Waals surface area contributed by atoms with Gasteiger partial charge < -0.3 is 14.1 Å². The molecule has 0 saturated heterocycles. The maximum atomic E-state index is 12.7. The fourth-order valence-corrected chi connectivity index (χ4v) is 3.07. The van der Waals surface area contributed by atoms with Crippen molar-refractivity contribution in [1.29, 1.82) is 0 Å². The Kier molecular flexibility index (Phi) is 4.27. The molecular formula is C21H19N3O2. The zero-order valence-corrected chi connectivity index (χ0v) is 14.5. The minimum atomic E-state index is -0.102. The summed E-state index contributed by atoms with van der Waals surface area (Å²) in [4.78, 5) is 16.9. The highest BCUT2D eigenvalue weighted by molar-refractivity contribution is 6.02. The van der Waals surface area contributed by atoms with E-state index < -0.39 is 0 Å². The Balaban J connectivity index is 1.90. The summed E-state index contributed by atoms with van der Waals surface area (Å²) in [6.45, 7) is 2.67. The number of carbonyl (C=O) groups is 1. The van der Waals surface area contributed by atoms with Gasteiger partial charge in [0.05, 0.1) is 11.3 Å². The van der Waals surface area contributed by atoms with E-state index in [0.29, 0.717) is 17.8 Å². The smallest absolute Gasteiger partial charge is 0.253 e. The molecule has 5 nitrogen and oxygen atoms in total. The van der Waals surface area contributed by atoms with Crippen LogP contribution in [0.5, 0.6) is 0 Å². The Morgan fingerprint density at radius 2 is 2.00 bits per heavy atom. The van der Waals surface area contributed by atoms with E-state index in [2.05, 4.69) is 28.5 Å². The number of rotatable bonds is 5. The van der Waals surface area contributed by atoms with Crippen molar-refractivity contribution in [2.24, 2.45) is 0 Å². The van der Waals surface area contributed by atoms with E-state index in [-0.39, 0.29) is 5.91 Å². The van der Waals surface area contributed by atoms with Crippen LogP contribution in [-0.2, 0) is 0 Å². The van der Waals surface area contributed by atoms with Crippen molar-refractivity contribution < 1.29 is 9.21 Å². The van der Waals surface area contributed by atoms with E-state index in [1.165, 1.54) is 6.39 Å². The van der Waals surface area contributed by atoms with Gasteiger partial charge in [-0.15, -0.1) is 0 Å². The number of aromatic nitrogens is 2. The van der Waals surface area contributed by atoms with Crippen LogP contribution in [0.2, 0.25) is 0 Å². The Labute approximate surface area is 151 Å². The lowest BCUT2D eigenvalue weighted by Gasteiger charge is -2.07. The quantitative estimate of drug-likeness (QED) is 0.583. The van der Waals surface area contributed by atoms with Crippen LogP contribution in [0.25, 0.3) is 28.0 Å². The van der Waals surface area contributed by atoms with Gasteiger partial charge in [0, 0.05) is 18.3 Å². The van der Waals surface area contributed by atoms with Crippen LogP contribution in [0.3, 0.4) is 0 Å². The summed E-state index contributed by atoms with van der Waals surface area (Å²) in [7, 11) is 0. The van der Waals surface area contributed by atoms with E-state index in [1.807, 2.05) is 47.9 Å². The van der Waals surface area contributed by atoms with Crippen molar-refractivity contribution in [3.63, 3.8) is 0 Å². The van der Waals surface area contributed by atoms with Crippen LogP contribution in [0.15, 0.2) is 71.8 Å². The van der Waals surface area contributed by atoms with E-state index in [4.69, 9.17) is 4.42 Å². The number of oxazole rings is 1. The van der Waals surface area contributed by atoms with Crippen LogP contribution < -0.4 is 5.32 Å². The summed E-state index contributed by atoms with van der Waals surface area (Å²) >= 11 is 0. The fourth-order valence-electron chi connectivity index (χ4n) is 3.07. The third-order valence-corrected chi connectivity index (χ3v) is 4.33.